The van der Waals surface area contributed by atoms with Crippen LogP contribution in [0.25, 0.3) is 0 Å². The maximum Gasteiger partial charge on any atom is 0.303 e. The van der Waals surface area contributed by atoms with Gasteiger partial charge in [0.1, 0.15) is 0 Å². The van der Waals surface area contributed by atoms with Gasteiger partial charge in [-0.05, 0) is 31.4 Å². The molecule has 7 heteroatoms. The number of aliphatic carboxylic acids is 1. The van der Waals surface area contributed by atoms with Crippen LogP contribution < -0.4 is 5.73 Å². The van der Waals surface area contributed by atoms with Crippen LogP contribution in [-0.4, -0.2) is 33.1 Å². The predicted octanol–water partition coefficient (Wildman–Crippen LogP) is 2.24. The van der Waals surface area contributed by atoms with Gasteiger partial charge in [0, 0.05) is 24.5 Å². The minimum Gasteiger partial charge on any atom is -0.481 e. The number of thioether (sulfide) groups is 1. The molecular weight excluding hydrogens is 298 g/mol. The molecule has 0 aromatic heterocycles. The average molecular weight is 321 g/mol. The SMILES string of the molecule is NC(=O)CCCCC(CCS)SC(=O)CCCC(=O)O. The monoisotopic (exact) mass is 321 g/mol. The van der Waals surface area contributed by atoms with Crippen molar-refractivity contribution in [2.45, 2.75) is 56.6 Å². The smallest absolute Gasteiger partial charge is 0.303 e. The third-order valence-electron chi connectivity index (χ3n) is 2.72. The molecule has 0 rings (SSSR count). The van der Waals surface area contributed by atoms with Gasteiger partial charge in [0.15, 0.2) is 5.12 Å². The van der Waals surface area contributed by atoms with Crippen molar-refractivity contribution in [3.8, 4) is 0 Å². The lowest BCUT2D eigenvalue weighted by atomic mass is 10.1. The van der Waals surface area contributed by atoms with E-state index in [-0.39, 0.29) is 22.7 Å². The van der Waals surface area contributed by atoms with Gasteiger partial charge in [-0.3, -0.25) is 14.4 Å². The highest BCUT2D eigenvalue weighted by atomic mass is 32.2. The number of unbranched alkanes of at least 4 members (excludes halogenated alkanes) is 1. The van der Waals surface area contributed by atoms with Gasteiger partial charge in [-0.25, -0.2) is 0 Å². The lowest BCUT2D eigenvalue weighted by Crippen LogP contribution is -2.11. The summed E-state index contributed by atoms with van der Waals surface area (Å²) in [6.07, 6.45) is 4.37. The first kappa shape index (κ1) is 19.3. The average Bonchev–Trinajstić information content (AvgIpc) is 2.34. The van der Waals surface area contributed by atoms with Crippen molar-refractivity contribution < 1.29 is 19.5 Å². The third kappa shape index (κ3) is 12.3. The maximum atomic E-state index is 11.7. The standard InChI is InChI=1S/C13H23NO4S2/c14-11(15)5-2-1-4-10(8-9-19)20-13(18)7-3-6-12(16)17/h10,19H,1-9H2,(H2,14,15)(H,16,17). The van der Waals surface area contributed by atoms with Crippen molar-refractivity contribution in [1.82, 2.24) is 0 Å². The van der Waals surface area contributed by atoms with Crippen LogP contribution in [0, 0.1) is 0 Å². The fourth-order valence-corrected chi connectivity index (χ4v) is 3.35. The highest BCUT2D eigenvalue weighted by Gasteiger charge is 2.14. The second-order valence-electron chi connectivity index (χ2n) is 4.58. The molecule has 1 amide bonds. The van der Waals surface area contributed by atoms with Crippen molar-refractivity contribution in [1.29, 1.82) is 0 Å². The molecule has 20 heavy (non-hydrogen) atoms. The van der Waals surface area contributed by atoms with E-state index in [1.165, 1.54) is 11.8 Å². The van der Waals surface area contributed by atoms with E-state index in [1.54, 1.807) is 0 Å². The van der Waals surface area contributed by atoms with Crippen molar-refractivity contribution in [2.75, 3.05) is 5.75 Å². The number of carboxylic acid groups (broad SMARTS) is 1. The van der Waals surface area contributed by atoms with Crippen molar-refractivity contribution in [3.05, 3.63) is 0 Å². The van der Waals surface area contributed by atoms with E-state index in [0.717, 1.165) is 25.7 Å². The Hall–Kier alpha value is -0.690. The minimum absolute atomic E-state index is 0.0299. The zero-order valence-electron chi connectivity index (χ0n) is 11.5. The van der Waals surface area contributed by atoms with Crippen LogP contribution in [0.1, 0.15) is 51.4 Å². The molecule has 5 nitrogen and oxygen atoms in total. The Balaban J connectivity index is 3.89. The number of amides is 1. The number of rotatable bonds is 12. The van der Waals surface area contributed by atoms with Crippen LogP contribution in [0.15, 0.2) is 0 Å². The molecule has 0 aliphatic rings. The number of hydrogen-bond acceptors (Lipinski definition) is 5. The summed E-state index contributed by atoms with van der Waals surface area (Å²) in [6, 6.07) is 0. The summed E-state index contributed by atoms with van der Waals surface area (Å²) < 4.78 is 0. The summed E-state index contributed by atoms with van der Waals surface area (Å²) in [5, 5.41) is 8.74. The topological polar surface area (TPSA) is 97.5 Å². The Morgan fingerprint density at radius 3 is 2.30 bits per heavy atom. The molecule has 0 fully saturated rings. The molecule has 0 saturated heterocycles. The van der Waals surface area contributed by atoms with Crippen LogP contribution in [0.3, 0.4) is 0 Å². The van der Waals surface area contributed by atoms with E-state index in [9.17, 15) is 14.4 Å². The Bertz CT molecular complexity index is 323. The molecule has 0 aliphatic carbocycles. The highest BCUT2D eigenvalue weighted by molar-refractivity contribution is 8.14. The summed E-state index contributed by atoms with van der Waals surface area (Å²) in [5.74, 6) is -0.468. The van der Waals surface area contributed by atoms with Crippen LogP contribution in [0.5, 0.6) is 0 Å². The number of hydrogen-bond donors (Lipinski definition) is 3. The molecule has 0 aromatic carbocycles. The molecule has 0 spiro atoms. The first-order valence-electron chi connectivity index (χ1n) is 6.76. The number of carbonyl (C=O) groups is 3. The zero-order chi connectivity index (χ0) is 15.4. The van der Waals surface area contributed by atoms with Crippen LogP contribution in [-0.2, 0) is 14.4 Å². The van der Waals surface area contributed by atoms with E-state index < -0.39 is 5.97 Å². The van der Waals surface area contributed by atoms with Gasteiger partial charge in [0.2, 0.25) is 5.91 Å². The summed E-state index contributed by atoms with van der Waals surface area (Å²) in [7, 11) is 0. The molecule has 1 unspecified atom stereocenters. The Morgan fingerprint density at radius 2 is 1.75 bits per heavy atom. The van der Waals surface area contributed by atoms with Gasteiger partial charge in [0.05, 0.1) is 0 Å². The van der Waals surface area contributed by atoms with E-state index in [2.05, 4.69) is 12.6 Å². The summed E-state index contributed by atoms with van der Waals surface area (Å²) in [6.45, 7) is 0. The Labute approximate surface area is 129 Å². The number of nitrogens with two attached hydrogens (primary N) is 1. The largest absolute Gasteiger partial charge is 0.481 e. The molecule has 116 valence electrons. The summed E-state index contributed by atoms with van der Waals surface area (Å²) >= 11 is 5.46. The molecule has 1 atom stereocenters. The van der Waals surface area contributed by atoms with Crippen molar-refractivity contribution >= 4 is 41.4 Å². The van der Waals surface area contributed by atoms with Crippen molar-refractivity contribution in [3.63, 3.8) is 0 Å². The van der Waals surface area contributed by atoms with E-state index in [0.29, 0.717) is 25.0 Å². The number of thiol groups is 1. The normalized spacial score (nSPS) is 12.1. The number of primary amides is 1. The summed E-state index contributed by atoms with van der Waals surface area (Å²) in [5.41, 5.74) is 5.07. The van der Waals surface area contributed by atoms with Gasteiger partial charge in [-0.15, -0.1) is 0 Å². The van der Waals surface area contributed by atoms with Gasteiger partial charge in [-0.2, -0.15) is 12.6 Å². The Kier molecular flexibility index (Phi) is 11.7. The second-order valence-corrected chi connectivity index (χ2v) is 6.39. The molecule has 0 radical (unpaired) electrons. The molecular formula is C13H23NO4S2. The number of carboxylic acids is 1. The van der Waals surface area contributed by atoms with E-state index >= 15 is 0 Å². The van der Waals surface area contributed by atoms with Crippen LogP contribution in [0.4, 0.5) is 0 Å². The van der Waals surface area contributed by atoms with Gasteiger partial charge in [0.25, 0.3) is 0 Å². The van der Waals surface area contributed by atoms with Gasteiger partial charge < -0.3 is 10.8 Å². The van der Waals surface area contributed by atoms with E-state index in [1.807, 2.05) is 0 Å². The molecule has 0 saturated carbocycles. The summed E-state index contributed by atoms with van der Waals surface area (Å²) in [4.78, 5) is 32.7. The predicted molar refractivity (Wildman–Crippen MR) is 84.0 cm³/mol. The molecule has 0 aromatic rings. The van der Waals surface area contributed by atoms with Gasteiger partial charge in [-0.1, -0.05) is 18.2 Å². The molecule has 0 bridgehead atoms. The lowest BCUT2D eigenvalue weighted by molar-refractivity contribution is -0.137. The number of carbonyl (C=O) groups excluding carboxylic acids is 2. The molecule has 3 N–H and O–H groups in total. The maximum absolute atomic E-state index is 11.7. The molecule has 0 heterocycles. The fraction of sp³-hybridized carbons (Fsp3) is 0.769. The first-order valence-corrected chi connectivity index (χ1v) is 8.27. The molecule has 0 aliphatic heterocycles. The van der Waals surface area contributed by atoms with Gasteiger partial charge >= 0.3 is 5.97 Å². The highest BCUT2D eigenvalue weighted by Crippen LogP contribution is 2.24. The fourth-order valence-electron chi connectivity index (χ4n) is 1.71. The van der Waals surface area contributed by atoms with Crippen LogP contribution >= 0.6 is 24.4 Å². The second kappa shape index (κ2) is 12.1. The third-order valence-corrected chi connectivity index (χ3v) is 4.25. The van der Waals surface area contributed by atoms with E-state index in [4.69, 9.17) is 10.8 Å². The van der Waals surface area contributed by atoms with Crippen LogP contribution in [0.2, 0.25) is 0 Å². The van der Waals surface area contributed by atoms with Crippen molar-refractivity contribution in [2.24, 2.45) is 5.73 Å². The Morgan fingerprint density at radius 1 is 1.05 bits per heavy atom. The quantitative estimate of drug-likeness (QED) is 0.378. The minimum atomic E-state index is -0.874. The first-order chi connectivity index (χ1) is 9.45. The zero-order valence-corrected chi connectivity index (χ0v) is 13.3. The lowest BCUT2D eigenvalue weighted by Gasteiger charge is -2.14.